The van der Waals surface area contributed by atoms with Gasteiger partial charge in [-0.15, -0.1) is 0 Å². The summed E-state index contributed by atoms with van der Waals surface area (Å²) in [6.07, 6.45) is 9.72. The Morgan fingerprint density at radius 2 is 1.37 bits per heavy atom. The maximum Gasteiger partial charge on any atom is 0.519 e. The lowest BCUT2D eigenvalue weighted by atomic mass is 9.33. The number of hydrogen-bond donors (Lipinski definition) is 1. The fraction of sp³-hybridized carbons (Fsp3) is 0.604. The van der Waals surface area contributed by atoms with Crippen molar-refractivity contribution in [2.45, 2.75) is 145 Å². The zero-order chi connectivity index (χ0) is 45.0. The molecule has 2 aromatic carbocycles. The molecule has 0 aliphatic heterocycles. The number of fused-ring (bicyclic) bond motifs is 7. The van der Waals surface area contributed by atoms with E-state index >= 15 is 4.79 Å². The van der Waals surface area contributed by atoms with Crippen LogP contribution in [0.25, 0.3) is 0 Å². The molecule has 5 fully saturated rings. The lowest BCUT2D eigenvalue weighted by molar-refractivity contribution is -0.205. The van der Waals surface area contributed by atoms with E-state index in [1.807, 2.05) is 80.6 Å². The standard InChI is InChI=1S/C53H65NO9/c1-32-38(62-46(59)61-32)31-60-45(58)53(8)39-19-22-52(7)42(50(39,5)21-20-40(53)54-43(56)48(3)24-25-48)37(55)29-35-36-30-49(4,26-23-47(36,2)27-28-51(35,52)6)44(57)63-41(33-15-11-9-12-16-33)34-17-13-10-14-18-34/h9-18,29,36,39-42H,19-28,30-31H2,1-8H3,(H,54,56)/t36-,39+,40-,42+,47+,49-,50-,51+,52+,53-/m0/s1. The third-order valence-electron chi connectivity index (χ3n) is 18.6. The van der Waals surface area contributed by atoms with E-state index in [0.717, 1.165) is 43.2 Å². The number of rotatable bonds is 9. The Labute approximate surface area is 371 Å². The molecular formula is C53H65NO9. The van der Waals surface area contributed by atoms with Gasteiger partial charge in [0, 0.05) is 17.4 Å². The van der Waals surface area contributed by atoms with Gasteiger partial charge < -0.3 is 23.6 Å². The Morgan fingerprint density at radius 1 is 0.746 bits per heavy atom. The van der Waals surface area contributed by atoms with Gasteiger partial charge in [0.15, 0.2) is 30.0 Å². The predicted molar refractivity (Wildman–Crippen MR) is 236 cm³/mol. The molecule has 0 saturated heterocycles. The molecule has 1 heterocycles. The number of carbonyl (C=O) groups excluding carboxylic acids is 4. The average molecular weight is 860 g/mol. The van der Waals surface area contributed by atoms with E-state index in [1.54, 1.807) is 6.92 Å². The highest BCUT2D eigenvalue weighted by Crippen LogP contribution is 2.75. The molecule has 1 amide bonds. The monoisotopic (exact) mass is 859 g/mol. The van der Waals surface area contributed by atoms with Gasteiger partial charge in [0.25, 0.3) is 0 Å². The number of benzene rings is 2. The van der Waals surface area contributed by atoms with Crippen molar-refractivity contribution in [2.24, 2.45) is 55.7 Å². The van der Waals surface area contributed by atoms with E-state index in [4.69, 9.17) is 18.3 Å². The molecule has 0 unspecified atom stereocenters. The molecule has 336 valence electrons. The Balaban J connectivity index is 1.03. The molecule has 0 radical (unpaired) electrons. The summed E-state index contributed by atoms with van der Waals surface area (Å²) in [6.45, 7) is 16.5. The van der Waals surface area contributed by atoms with E-state index in [9.17, 15) is 19.2 Å². The van der Waals surface area contributed by atoms with Crippen molar-refractivity contribution in [3.63, 3.8) is 0 Å². The number of hydrogen-bond acceptors (Lipinski definition) is 9. The van der Waals surface area contributed by atoms with Gasteiger partial charge in [-0.05, 0) is 142 Å². The van der Waals surface area contributed by atoms with Crippen molar-refractivity contribution >= 4 is 23.6 Å². The second-order valence-corrected chi connectivity index (χ2v) is 22.3. The minimum atomic E-state index is -1.17. The lowest BCUT2D eigenvalue weighted by Gasteiger charge is -2.70. The van der Waals surface area contributed by atoms with Crippen molar-refractivity contribution < 1.29 is 37.5 Å². The first-order valence-corrected chi connectivity index (χ1v) is 23.4. The van der Waals surface area contributed by atoms with Crippen LogP contribution in [0.2, 0.25) is 0 Å². The van der Waals surface area contributed by atoms with Crippen LogP contribution in [-0.4, -0.2) is 29.7 Å². The third-order valence-corrected chi connectivity index (χ3v) is 18.6. The highest BCUT2D eigenvalue weighted by Gasteiger charge is 2.72. The average Bonchev–Trinajstić information content (AvgIpc) is 3.93. The summed E-state index contributed by atoms with van der Waals surface area (Å²) in [5, 5.41) is 3.32. The van der Waals surface area contributed by atoms with Crippen LogP contribution in [0.1, 0.15) is 148 Å². The van der Waals surface area contributed by atoms with E-state index < -0.39 is 51.0 Å². The molecule has 10 heteroatoms. The number of ketones is 1. The third kappa shape index (κ3) is 6.73. The number of esters is 2. The lowest BCUT2D eigenvalue weighted by Crippen LogP contribution is -2.69. The minimum Gasteiger partial charge on any atom is -0.457 e. The van der Waals surface area contributed by atoms with Crippen LogP contribution in [-0.2, 0) is 35.3 Å². The molecule has 63 heavy (non-hydrogen) atoms. The number of allylic oxidation sites excluding steroid dienone is 2. The first-order valence-electron chi connectivity index (χ1n) is 23.4. The van der Waals surface area contributed by atoms with Crippen molar-refractivity contribution in [2.75, 3.05) is 0 Å². The predicted octanol–water partition coefficient (Wildman–Crippen LogP) is 10.2. The SMILES string of the molecule is Cc1oc(=O)oc1COC(=O)[C@]1(C)[C@@H](NC(=O)C2(C)CC2)CC[C@@]2(C)[C@H]1CC[C@]1(C)[C@@H]2C(=O)C=C2[C@@H]3C[C@@](C)(C(=O)OC(c4ccccc4)c4ccccc4)CC[C@]3(C)CC[C@]21C. The van der Waals surface area contributed by atoms with E-state index in [1.165, 1.54) is 5.57 Å². The molecular weight excluding hydrogens is 795 g/mol. The number of amides is 1. The molecule has 3 aromatic rings. The molecule has 6 aliphatic rings. The maximum atomic E-state index is 15.3. The van der Waals surface area contributed by atoms with Crippen LogP contribution in [0.3, 0.4) is 0 Å². The second-order valence-electron chi connectivity index (χ2n) is 22.3. The molecule has 6 aliphatic carbocycles. The van der Waals surface area contributed by atoms with Crippen molar-refractivity contribution in [3.8, 4) is 0 Å². The number of ether oxygens (including phenoxy) is 2. The van der Waals surface area contributed by atoms with E-state index in [-0.39, 0.29) is 64.4 Å². The highest BCUT2D eigenvalue weighted by atomic mass is 16.6. The van der Waals surface area contributed by atoms with E-state index in [0.29, 0.717) is 38.5 Å². The fourth-order valence-corrected chi connectivity index (χ4v) is 13.9. The van der Waals surface area contributed by atoms with Gasteiger partial charge in [0.1, 0.15) is 0 Å². The zero-order valence-electron chi connectivity index (χ0n) is 38.4. The van der Waals surface area contributed by atoms with Gasteiger partial charge in [0.2, 0.25) is 5.91 Å². The maximum absolute atomic E-state index is 15.3. The fourth-order valence-electron chi connectivity index (χ4n) is 13.9. The molecule has 10 atom stereocenters. The van der Waals surface area contributed by atoms with Gasteiger partial charge in [-0.1, -0.05) is 101 Å². The van der Waals surface area contributed by atoms with Gasteiger partial charge >= 0.3 is 17.8 Å². The Kier molecular flexibility index (Phi) is 10.3. The van der Waals surface area contributed by atoms with Gasteiger partial charge in [-0.25, -0.2) is 4.79 Å². The summed E-state index contributed by atoms with van der Waals surface area (Å²) in [4.78, 5) is 70.3. The molecule has 10 nitrogen and oxygen atoms in total. The van der Waals surface area contributed by atoms with Crippen molar-refractivity contribution in [3.05, 3.63) is 106 Å². The number of aryl methyl sites for hydroxylation is 1. The summed E-state index contributed by atoms with van der Waals surface area (Å²) in [5.74, 6) is -1.74. The quantitative estimate of drug-likeness (QED) is 0.208. The Morgan fingerprint density at radius 3 is 1.97 bits per heavy atom. The smallest absolute Gasteiger partial charge is 0.457 e. The van der Waals surface area contributed by atoms with Gasteiger partial charge in [-0.3, -0.25) is 19.2 Å². The summed E-state index contributed by atoms with van der Waals surface area (Å²) in [7, 11) is 0. The van der Waals surface area contributed by atoms with Crippen LogP contribution in [0, 0.1) is 62.6 Å². The molecule has 1 aromatic heterocycles. The first kappa shape index (κ1) is 43.5. The summed E-state index contributed by atoms with van der Waals surface area (Å²) < 4.78 is 22.8. The van der Waals surface area contributed by atoms with Crippen molar-refractivity contribution in [1.82, 2.24) is 5.32 Å². The summed E-state index contributed by atoms with van der Waals surface area (Å²) in [6, 6.07) is 19.3. The molecule has 9 rings (SSSR count). The number of nitrogens with one attached hydrogen (secondary N) is 1. The molecule has 0 bridgehead atoms. The van der Waals surface area contributed by atoms with Gasteiger partial charge in [0.05, 0.1) is 10.8 Å². The topological polar surface area (TPSA) is 142 Å². The van der Waals surface area contributed by atoms with Crippen LogP contribution in [0.4, 0.5) is 0 Å². The van der Waals surface area contributed by atoms with Crippen molar-refractivity contribution in [1.29, 1.82) is 0 Å². The van der Waals surface area contributed by atoms with Crippen LogP contribution >= 0.6 is 0 Å². The first-order chi connectivity index (χ1) is 29.7. The summed E-state index contributed by atoms with van der Waals surface area (Å²) >= 11 is 0. The largest absolute Gasteiger partial charge is 0.519 e. The van der Waals surface area contributed by atoms with Crippen LogP contribution < -0.4 is 11.1 Å². The highest BCUT2D eigenvalue weighted by molar-refractivity contribution is 5.96. The van der Waals surface area contributed by atoms with Crippen LogP contribution in [0.15, 0.2) is 85.9 Å². The minimum absolute atomic E-state index is 0.0168. The molecule has 0 spiro atoms. The normalized spacial score (nSPS) is 37.6. The second kappa shape index (κ2) is 14.9. The van der Waals surface area contributed by atoms with E-state index in [2.05, 4.69) is 39.9 Å². The Hall–Kier alpha value is -4.73. The molecule has 5 saturated carbocycles. The van der Waals surface area contributed by atoms with Gasteiger partial charge in [-0.2, -0.15) is 0 Å². The number of carbonyl (C=O) groups is 4. The molecule has 1 N–H and O–H groups in total. The zero-order valence-corrected chi connectivity index (χ0v) is 38.4. The Bertz CT molecular complexity index is 2370. The summed E-state index contributed by atoms with van der Waals surface area (Å²) in [5.41, 5.74) is -0.774. The van der Waals surface area contributed by atoms with Crippen LogP contribution in [0.5, 0.6) is 0 Å².